The molecule has 0 aromatic heterocycles. The second-order valence-electron chi connectivity index (χ2n) is 11.0. The Bertz CT molecular complexity index is 1060. The lowest BCUT2D eigenvalue weighted by atomic mass is 9.53. The van der Waals surface area contributed by atoms with Gasteiger partial charge in [0, 0.05) is 30.2 Å². The molecule has 0 spiro atoms. The van der Waals surface area contributed by atoms with Crippen LogP contribution in [-0.4, -0.2) is 29.5 Å². The number of rotatable bonds is 5. The Morgan fingerprint density at radius 3 is 2.24 bits per heavy atom. The summed E-state index contributed by atoms with van der Waals surface area (Å²) in [5, 5.41) is 8.92. The molecule has 1 saturated heterocycles. The minimum atomic E-state index is -0.254. The van der Waals surface area contributed by atoms with E-state index < -0.39 is 0 Å². The number of halogens is 3. The van der Waals surface area contributed by atoms with Crippen LogP contribution < -0.4 is 10.3 Å². The molecule has 180 valence electrons. The first-order valence-electron chi connectivity index (χ1n) is 12.4. The normalized spacial score (nSPS) is 32.4. The second-order valence-corrected chi connectivity index (χ2v) is 11.9. The Kier molecular flexibility index (Phi) is 5.78. The average molecular weight is 502 g/mol. The number of anilines is 1. The van der Waals surface area contributed by atoms with Gasteiger partial charge in [-0.15, -0.1) is 0 Å². The molecule has 1 heterocycles. The molecule has 7 heteroatoms. The first-order valence-corrected chi connectivity index (χ1v) is 13.2. The number of carbonyl (C=O) groups is 1. The van der Waals surface area contributed by atoms with Crippen molar-refractivity contribution in [2.75, 3.05) is 18.1 Å². The van der Waals surface area contributed by atoms with E-state index in [0.29, 0.717) is 29.7 Å². The maximum Gasteiger partial charge on any atom is 0.226 e. The molecule has 34 heavy (non-hydrogen) atoms. The number of hydrogen-bond acceptors (Lipinski definition) is 3. The highest BCUT2D eigenvalue weighted by Gasteiger charge is 2.52. The highest BCUT2D eigenvalue weighted by Crippen LogP contribution is 2.55. The summed E-state index contributed by atoms with van der Waals surface area (Å²) in [4.78, 5) is 13.6. The van der Waals surface area contributed by atoms with E-state index in [-0.39, 0.29) is 23.2 Å². The van der Waals surface area contributed by atoms with E-state index in [1.54, 1.807) is 18.2 Å². The largest absolute Gasteiger partial charge is 0.350 e. The fourth-order valence-corrected chi connectivity index (χ4v) is 7.93. The van der Waals surface area contributed by atoms with Gasteiger partial charge >= 0.3 is 0 Å². The smallest absolute Gasteiger partial charge is 0.226 e. The molecule has 1 atom stereocenters. The lowest BCUT2D eigenvalue weighted by molar-refractivity contribution is -0.130. The van der Waals surface area contributed by atoms with Crippen LogP contribution in [0.1, 0.15) is 44.1 Å². The first-order chi connectivity index (χ1) is 16.4. The highest BCUT2D eigenvalue weighted by atomic mass is 35.5. The van der Waals surface area contributed by atoms with Gasteiger partial charge < -0.3 is 10.3 Å². The van der Waals surface area contributed by atoms with E-state index in [1.165, 1.54) is 31.4 Å². The monoisotopic (exact) mass is 501 g/mol. The molecule has 4 bridgehead atoms. The third-order valence-electron chi connectivity index (χ3n) is 8.43. The zero-order valence-corrected chi connectivity index (χ0v) is 20.7. The van der Waals surface area contributed by atoms with E-state index >= 15 is 0 Å². The maximum absolute atomic E-state index is 13.6. The van der Waals surface area contributed by atoms with Gasteiger partial charge in [0.2, 0.25) is 5.91 Å². The summed E-state index contributed by atoms with van der Waals surface area (Å²) < 4.78 is 13.4. The molecule has 5 aliphatic rings. The van der Waals surface area contributed by atoms with Crippen LogP contribution in [0.15, 0.2) is 42.5 Å². The van der Waals surface area contributed by atoms with Gasteiger partial charge in [0.15, 0.2) is 0 Å². The van der Waals surface area contributed by atoms with Crippen LogP contribution in [0.5, 0.6) is 0 Å². The summed E-state index contributed by atoms with van der Waals surface area (Å²) in [6.07, 6.45) is 7.49. The molecular formula is C27H30Cl2FN3O. The predicted octanol–water partition coefficient (Wildman–Crippen LogP) is 6.07. The van der Waals surface area contributed by atoms with Crippen molar-refractivity contribution in [3.8, 4) is 0 Å². The van der Waals surface area contributed by atoms with Gasteiger partial charge in [-0.05, 0) is 92.2 Å². The summed E-state index contributed by atoms with van der Waals surface area (Å²) in [6, 6.07) is 12.0. The van der Waals surface area contributed by atoms with Crippen LogP contribution in [0.2, 0.25) is 10.0 Å². The van der Waals surface area contributed by atoms with Crippen molar-refractivity contribution in [1.82, 2.24) is 10.3 Å². The quantitative estimate of drug-likeness (QED) is 0.539. The van der Waals surface area contributed by atoms with Crippen molar-refractivity contribution in [1.29, 1.82) is 0 Å². The van der Waals surface area contributed by atoms with E-state index in [4.69, 9.17) is 23.2 Å². The van der Waals surface area contributed by atoms with Crippen molar-refractivity contribution >= 4 is 34.8 Å². The van der Waals surface area contributed by atoms with Crippen LogP contribution in [0.3, 0.4) is 0 Å². The Hall–Kier alpha value is -1.82. The fourth-order valence-electron chi connectivity index (χ4n) is 7.42. The molecule has 2 aromatic carbocycles. The summed E-state index contributed by atoms with van der Waals surface area (Å²) in [7, 11) is 0. The summed E-state index contributed by atoms with van der Waals surface area (Å²) in [5.74, 6) is 2.09. The van der Waals surface area contributed by atoms with Gasteiger partial charge in [-0.1, -0.05) is 35.3 Å². The molecule has 1 amide bonds. The van der Waals surface area contributed by atoms with Gasteiger partial charge in [-0.2, -0.15) is 0 Å². The molecule has 7 rings (SSSR count). The van der Waals surface area contributed by atoms with Crippen LogP contribution >= 0.6 is 23.2 Å². The number of hydrazine groups is 1. The van der Waals surface area contributed by atoms with Crippen molar-refractivity contribution < 1.29 is 9.18 Å². The summed E-state index contributed by atoms with van der Waals surface area (Å²) in [6.45, 7) is 1.72. The zero-order chi connectivity index (χ0) is 23.4. The standard InChI is InChI=1S/C27H30Cl2FN3O/c28-22-3-6-25(24(29)10-22)33-16-21(15-32(33)14-17-1-4-23(30)5-2-17)26(34)31-27-11-18-7-19(12-27)9-20(8-18)13-27/h1-6,10,18-21H,7-9,11-16H2,(H,31,34). The van der Waals surface area contributed by atoms with Crippen LogP contribution in [-0.2, 0) is 11.3 Å². The third-order valence-corrected chi connectivity index (χ3v) is 8.97. The molecule has 2 aromatic rings. The molecule has 4 aliphatic carbocycles. The van der Waals surface area contributed by atoms with E-state index in [0.717, 1.165) is 48.3 Å². The summed E-state index contributed by atoms with van der Waals surface area (Å²) in [5.41, 5.74) is 1.82. The number of nitrogens with one attached hydrogen (secondary N) is 1. The van der Waals surface area contributed by atoms with Crippen molar-refractivity contribution in [2.24, 2.45) is 23.7 Å². The van der Waals surface area contributed by atoms with Crippen molar-refractivity contribution in [2.45, 2.75) is 50.6 Å². The molecule has 5 fully saturated rings. The fraction of sp³-hybridized carbons (Fsp3) is 0.519. The number of hydrogen-bond donors (Lipinski definition) is 1. The average Bonchev–Trinajstić information content (AvgIpc) is 3.18. The number of amides is 1. The zero-order valence-electron chi connectivity index (χ0n) is 19.2. The van der Waals surface area contributed by atoms with E-state index in [9.17, 15) is 9.18 Å². The van der Waals surface area contributed by atoms with Crippen LogP contribution in [0, 0.1) is 29.5 Å². The predicted molar refractivity (Wildman–Crippen MR) is 133 cm³/mol. The first kappa shape index (κ1) is 22.6. The molecule has 4 nitrogen and oxygen atoms in total. The summed E-state index contributed by atoms with van der Waals surface area (Å²) >= 11 is 12.7. The Morgan fingerprint density at radius 2 is 1.62 bits per heavy atom. The van der Waals surface area contributed by atoms with Crippen LogP contribution in [0.4, 0.5) is 10.1 Å². The van der Waals surface area contributed by atoms with E-state index in [2.05, 4.69) is 15.3 Å². The molecule has 1 aliphatic heterocycles. The van der Waals surface area contributed by atoms with Crippen molar-refractivity contribution in [3.63, 3.8) is 0 Å². The lowest BCUT2D eigenvalue weighted by Crippen LogP contribution is -2.61. The number of benzene rings is 2. The highest BCUT2D eigenvalue weighted by molar-refractivity contribution is 6.36. The van der Waals surface area contributed by atoms with Gasteiger partial charge in [-0.25, -0.2) is 9.40 Å². The van der Waals surface area contributed by atoms with Gasteiger partial charge in [0.1, 0.15) is 5.82 Å². The number of nitrogens with zero attached hydrogens (tertiary/aromatic N) is 2. The minimum absolute atomic E-state index is 0.00103. The Morgan fingerprint density at radius 1 is 0.971 bits per heavy atom. The molecule has 4 saturated carbocycles. The van der Waals surface area contributed by atoms with Crippen molar-refractivity contribution in [3.05, 3.63) is 63.9 Å². The molecular weight excluding hydrogens is 472 g/mol. The Labute approximate surface area is 210 Å². The number of carbonyl (C=O) groups excluding carboxylic acids is 1. The molecule has 1 unspecified atom stereocenters. The van der Waals surface area contributed by atoms with E-state index in [1.807, 2.05) is 12.1 Å². The topological polar surface area (TPSA) is 35.6 Å². The van der Waals surface area contributed by atoms with Gasteiger partial charge in [0.05, 0.1) is 16.6 Å². The lowest BCUT2D eigenvalue weighted by Gasteiger charge is -2.57. The maximum atomic E-state index is 13.6. The third kappa shape index (κ3) is 4.31. The van der Waals surface area contributed by atoms with Gasteiger partial charge in [-0.3, -0.25) is 4.79 Å². The Balaban J connectivity index is 1.23. The molecule has 1 N–H and O–H groups in total. The molecule has 0 radical (unpaired) electrons. The minimum Gasteiger partial charge on any atom is -0.350 e. The van der Waals surface area contributed by atoms with Crippen LogP contribution in [0.25, 0.3) is 0 Å². The SMILES string of the molecule is O=C(NC12CC3CC(CC(C3)C1)C2)C1CN(Cc2ccc(F)cc2)N(c2ccc(Cl)cc2Cl)C1. The second kappa shape index (κ2) is 8.69. The van der Waals surface area contributed by atoms with Gasteiger partial charge in [0.25, 0.3) is 0 Å².